The molecule has 2 aliphatic heterocycles. The van der Waals surface area contributed by atoms with Crippen LogP contribution in [0.5, 0.6) is 11.5 Å². The van der Waals surface area contributed by atoms with Crippen LogP contribution in [0.4, 0.5) is 0 Å². The third-order valence-corrected chi connectivity index (χ3v) is 5.47. The Morgan fingerprint density at radius 2 is 2.00 bits per heavy atom. The van der Waals surface area contributed by atoms with E-state index >= 15 is 0 Å². The molecule has 2 aliphatic rings. The summed E-state index contributed by atoms with van der Waals surface area (Å²) in [6.07, 6.45) is 2.38. The number of rotatable bonds is 5. The smallest absolute Gasteiger partial charge is 0.161 e. The third-order valence-electron chi connectivity index (χ3n) is 5.47. The van der Waals surface area contributed by atoms with Gasteiger partial charge in [-0.05, 0) is 56.0 Å². The van der Waals surface area contributed by atoms with E-state index in [2.05, 4.69) is 42.8 Å². The lowest BCUT2D eigenvalue weighted by atomic mass is 9.88. The van der Waals surface area contributed by atoms with Gasteiger partial charge in [-0.15, -0.1) is 0 Å². The van der Waals surface area contributed by atoms with E-state index in [4.69, 9.17) is 9.47 Å². The fourth-order valence-electron chi connectivity index (χ4n) is 4.25. The van der Waals surface area contributed by atoms with Gasteiger partial charge in [-0.1, -0.05) is 13.8 Å². The van der Waals surface area contributed by atoms with E-state index in [1.807, 2.05) is 6.92 Å². The molecule has 0 spiro atoms. The van der Waals surface area contributed by atoms with Gasteiger partial charge >= 0.3 is 0 Å². The van der Waals surface area contributed by atoms with Crippen molar-refractivity contribution in [3.63, 3.8) is 0 Å². The zero-order valence-electron chi connectivity index (χ0n) is 15.8. The normalized spacial score (nSPS) is 24.6. The van der Waals surface area contributed by atoms with Gasteiger partial charge in [0.25, 0.3) is 0 Å². The van der Waals surface area contributed by atoms with E-state index in [1.165, 1.54) is 24.1 Å². The summed E-state index contributed by atoms with van der Waals surface area (Å²) < 4.78 is 11.4. The number of piperazine rings is 1. The summed E-state index contributed by atoms with van der Waals surface area (Å²) in [6.45, 7) is 10.8. The van der Waals surface area contributed by atoms with Crippen LogP contribution in [0.1, 0.15) is 44.4 Å². The minimum atomic E-state index is 0.478. The molecule has 1 unspecified atom stereocenters. The summed E-state index contributed by atoms with van der Waals surface area (Å²) in [5.74, 6) is 2.50. The number of fused-ring (bicyclic) bond motifs is 3. The summed E-state index contributed by atoms with van der Waals surface area (Å²) in [5.41, 5.74) is 2.85. The molecule has 1 fully saturated rings. The number of likely N-dealkylation sites (N-methyl/N-ethyl adjacent to an activating group) is 1. The first-order chi connectivity index (χ1) is 11.5. The maximum Gasteiger partial charge on any atom is 0.161 e. The Bertz CT molecular complexity index is 573. The van der Waals surface area contributed by atoms with Crippen molar-refractivity contribution in [2.45, 2.75) is 45.7 Å². The highest BCUT2D eigenvalue weighted by atomic mass is 16.5. The minimum absolute atomic E-state index is 0.478. The van der Waals surface area contributed by atoms with Gasteiger partial charge in [0, 0.05) is 31.7 Å². The summed E-state index contributed by atoms with van der Waals surface area (Å²) in [5, 5.41) is 0. The molecule has 0 aromatic heterocycles. The van der Waals surface area contributed by atoms with Crippen molar-refractivity contribution in [2.75, 3.05) is 40.4 Å². The molecule has 0 radical (unpaired) electrons. The van der Waals surface area contributed by atoms with Gasteiger partial charge < -0.3 is 14.4 Å². The second-order valence-electron chi connectivity index (χ2n) is 7.62. The maximum absolute atomic E-state index is 5.76. The van der Waals surface area contributed by atoms with Crippen molar-refractivity contribution < 1.29 is 9.47 Å². The summed E-state index contributed by atoms with van der Waals surface area (Å²) in [7, 11) is 4.01. The molecule has 134 valence electrons. The fraction of sp³-hybridized carbons (Fsp3) is 0.700. The van der Waals surface area contributed by atoms with Crippen LogP contribution in [0.15, 0.2) is 12.1 Å². The molecule has 0 bridgehead atoms. The molecule has 0 aliphatic carbocycles. The maximum atomic E-state index is 5.76. The van der Waals surface area contributed by atoms with Gasteiger partial charge in [-0.3, -0.25) is 4.90 Å². The summed E-state index contributed by atoms with van der Waals surface area (Å²) >= 11 is 0. The number of benzene rings is 1. The first-order valence-corrected chi connectivity index (χ1v) is 9.31. The molecule has 2 heterocycles. The molecular formula is C20H32N2O2. The Balaban J connectivity index is 1.86. The second-order valence-corrected chi connectivity index (χ2v) is 7.62. The predicted molar refractivity (Wildman–Crippen MR) is 98.1 cm³/mol. The van der Waals surface area contributed by atoms with Crippen LogP contribution < -0.4 is 9.47 Å². The third kappa shape index (κ3) is 3.40. The molecule has 0 saturated carbocycles. The highest BCUT2D eigenvalue weighted by Crippen LogP contribution is 2.40. The lowest BCUT2D eigenvalue weighted by Gasteiger charge is -2.48. The van der Waals surface area contributed by atoms with Gasteiger partial charge in [0.2, 0.25) is 0 Å². The number of hydrogen-bond acceptors (Lipinski definition) is 4. The Hall–Kier alpha value is -1.26. The van der Waals surface area contributed by atoms with E-state index in [0.29, 0.717) is 18.7 Å². The SMILES string of the molecule is CCOc1cc2c(cc1OC)C1CN(C)[C@H](CC(C)C)CN1CC2. The average Bonchev–Trinajstić information content (AvgIpc) is 2.55. The Kier molecular flexibility index (Phi) is 5.36. The van der Waals surface area contributed by atoms with Gasteiger partial charge in [-0.2, -0.15) is 0 Å². The molecule has 24 heavy (non-hydrogen) atoms. The van der Waals surface area contributed by atoms with Crippen LogP contribution in [0.2, 0.25) is 0 Å². The predicted octanol–water partition coefficient (Wildman–Crippen LogP) is 3.35. The highest BCUT2D eigenvalue weighted by molar-refractivity contribution is 5.49. The monoisotopic (exact) mass is 332 g/mol. The fourth-order valence-corrected chi connectivity index (χ4v) is 4.25. The average molecular weight is 332 g/mol. The lowest BCUT2D eigenvalue weighted by molar-refractivity contribution is 0.0294. The largest absolute Gasteiger partial charge is 0.493 e. The van der Waals surface area contributed by atoms with Crippen molar-refractivity contribution in [1.82, 2.24) is 9.80 Å². The Labute approximate surface area is 146 Å². The molecule has 2 atom stereocenters. The second kappa shape index (κ2) is 7.32. The molecule has 1 aromatic rings. The van der Waals surface area contributed by atoms with Crippen LogP contribution in [0.3, 0.4) is 0 Å². The van der Waals surface area contributed by atoms with Crippen LogP contribution in [-0.2, 0) is 6.42 Å². The number of nitrogens with zero attached hydrogens (tertiary/aromatic N) is 2. The van der Waals surface area contributed by atoms with E-state index in [1.54, 1.807) is 7.11 Å². The molecule has 0 amide bonds. The standard InChI is InChI=1S/C20H32N2O2/c1-6-24-20-10-15-7-8-22-12-16(9-14(2)3)21(4)13-18(22)17(15)11-19(20)23-5/h10-11,14,16,18H,6-9,12-13H2,1-5H3/t16-,18?/m1/s1. The molecule has 4 heteroatoms. The first-order valence-electron chi connectivity index (χ1n) is 9.31. The summed E-state index contributed by atoms with van der Waals surface area (Å²) in [6, 6.07) is 5.57. The molecular weight excluding hydrogens is 300 g/mol. The molecule has 1 saturated heterocycles. The Morgan fingerprint density at radius 3 is 2.67 bits per heavy atom. The van der Waals surface area contributed by atoms with Crippen LogP contribution in [-0.4, -0.2) is 56.2 Å². The zero-order valence-corrected chi connectivity index (χ0v) is 15.8. The van der Waals surface area contributed by atoms with Crippen LogP contribution in [0, 0.1) is 5.92 Å². The number of hydrogen-bond donors (Lipinski definition) is 0. The first kappa shape index (κ1) is 17.6. The van der Waals surface area contributed by atoms with Crippen molar-refractivity contribution in [2.24, 2.45) is 5.92 Å². The van der Waals surface area contributed by atoms with Gasteiger partial charge in [0.05, 0.1) is 13.7 Å². The van der Waals surface area contributed by atoms with Gasteiger partial charge in [0.1, 0.15) is 0 Å². The Morgan fingerprint density at radius 1 is 1.21 bits per heavy atom. The number of methoxy groups -OCH3 is 1. The quantitative estimate of drug-likeness (QED) is 0.825. The highest BCUT2D eigenvalue weighted by Gasteiger charge is 2.36. The number of ether oxygens (including phenoxy) is 2. The summed E-state index contributed by atoms with van der Waals surface area (Å²) in [4.78, 5) is 5.23. The lowest BCUT2D eigenvalue weighted by Crippen LogP contribution is -2.55. The van der Waals surface area contributed by atoms with Gasteiger partial charge in [0.15, 0.2) is 11.5 Å². The molecule has 4 nitrogen and oxygen atoms in total. The van der Waals surface area contributed by atoms with E-state index in [-0.39, 0.29) is 0 Å². The van der Waals surface area contributed by atoms with E-state index in [9.17, 15) is 0 Å². The molecule has 1 aromatic carbocycles. The van der Waals surface area contributed by atoms with Gasteiger partial charge in [-0.25, -0.2) is 0 Å². The van der Waals surface area contributed by atoms with Crippen molar-refractivity contribution >= 4 is 0 Å². The molecule has 3 rings (SSSR count). The molecule has 0 N–H and O–H groups in total. The minimum Gasteiger partial charge on any atom is -0.493 e. The topological polar surface area (TPSA) is 24.9 Å². The zero-order chi connectivity index (χ0) is 17.3. The van der Waals surface area contributed by atoms with Crippen molar-refractivity contribution in [3.8, 4) is 11.5 Å². The van der Waals surface area contributed by atoms with Crippen LogP contribution >= 0.6 is 0 Å². The van der Waals surface area contributed by atoms with Crippen LogP contribution in [0.25, 0.3) is 0 Å². The van der Waals surface area contributed by atoms with Crippen molar-refractivity contribution in [1.29, 1.82) is 0 Å². The van der Waals surface area contributed by atoms with E-state index in [0.717, 1.165) is 36.9 Å². The van der Waals surface area contributed by atoms with Crippen molar-refractivity contribution in [3.05, 3.63) is 23.3 Å². The van der Waals surface area contributed by atoms with E-state index < -0.39 is 0 Å².